The van der Waals surface area contributed by atoms with Crippen LogP contribution < -0.4 is 14.8 Å². The number of rotatable bonds is 7. The third-order valence-electron chi connectivity index (χ3n) is 4.48. The fourth-order valence-corrected chi connectivity index (χ4v) is 2.80. The van der Waals surface area contributed by atoms with Gasteiger partial charge in [-0.1, -0.05) is 12.1 Å². The van der Waals surface area contributed by atoms with Crippen molar-refractivity contribution in [2.24, 2.45) is 0 Å². The first kappa shape index (κ1) is 19.5. The molecule has 6 nitrogen and oxygen atoms in total. The maximum absolute atomic E-state index is 12.3. The third-order valence-corrected chi connectivity index (χ3v) is 4.48. The molecule has 2 N–H and O–H groups in total. The van der Waals surface area contributed by atoms with Gasteiger partial charge >= 0.3 is 0 Å². The van der Waals surface area contributed by atoms with Crippen molar-refractivity contribution >= 4 is 11.6 Å². The van der Waals surface area contributed by atoms with Gasteiger partial charge in [0.15, 0.2) is 6.61 Å². The molecule has 3 rings (SSSR count). The number of nitrogens with one attached hydrogen (secondary N) is 1. The van der Waals surface area contributed by atoms with Crippen molar-refractivity contribution in [2.45, 2.75) is 20.5 Å². The lowest BCUT2D eigenvalue weighted by molar-refractivity contribution is -0.118. The third kappa shape index (κ3) is 4.35. The molecule has 0 aliphatic heterocycles. The molecule has 1 aromatic heterocycles. The number of furan rings is 1. The number of aliphatic hydroxyl groups excluding tert-OH is 1. The van der Waals surface area contributed by atoms with E-state index < -0.39 is 0 Å². The van der Waals surface area contributed by atoms with E-state index in [-0.39, 0.29) is 19.1 Å². The van der Waals surface area contributed by atoms with E-state index in [9.17, 15) is 4.79 Å². The van der Waals surface area contributed by atoms with Crippen molar-refractivity contribution in [3.63, 3.8) is 0 Å². The van der Waals surface area contributed by atoms with E-state index >= 15 is 0 Å². The second-order valence-electron chi connectivity index (χ2n) is 6.37. The van der Waals surface area contributed by atoms with Gasteiger partial charge < -0.3 is 24.3 Å². The highest BCUT2D eigenvalue weighted by Gasteiger charge is 2.13. The van der Waals surface area contributed by atoms with Gasteiger partial charge in [0.2, 0.25) is 0 Å². The van der Waals surface area contributed by atoms with Crippen molar-refractivity contribution in [3.05, 3.63) is 65.4 Å². The Kier molecular flexibility index (Phi) is 6.01. The number of carbonyl (C=O) groups is 1. The Morgan fingerprint density at radius 1 is 1.11 bits per heavy atom. The van der Waals surface area contributed by atoms with Gasteiger partial charge in [0.25, 0.3) is 5.91 Å². The van der Waals surface area contributed by atoms with Crippen molar-refractivity contribution in [3.8, 4) is 22.8 Å². The van der Waals surface area contributed by atoms with Crippen LogP contribution in [-0.4, -0.2) is 24.7 Å². The molecule has 1 amide bonds. The minimum Gasteiger partial charge on any atom is -0.496 e. The Bertz CT molecular complexity index is 977. The molecule has 0 aliphatic rings. The molecule has 6 heteroatoms. The van der Waals surface area contributed by atoms with E-state index in [1.165, 1.54) is 0 Å². The number of hydrogen-bond acceptors (Lipinski definition) is 5. The molecule has 0 aliphatic carbocycles. The molecule has 0 saturated carbocycles. The highest BCUT2D eigenvalue weighted by molar-refractivity contribution is 5.92. The minimum atomic E-state index is -0.267. The number of amides is 1. The van der Waals surface area contributed by atoms with E-state index in [1.54, 1.807) is 37.4 Å². The molecule has 0 spiro atoms. The summed E-state index contributed by atoms with van der Waals surface area (Å²) in [5, 5.41) is 11.9. The number of methoxy groups -OCH3 is 1. The van der Waals surface area contributed by atoms with Gasteiger partial charge in [-0.2, -0.15) is 0 Å². The first-order valence-electron chi connectivity index (χ1n) is 8.88. The molecule has 0 saturated heterocycles. The molecule has 0 fully saturated rings. The zero-order valence-corrected chi connectivity index (χ0v) is 16.1. The smallest absolute Gasteiger partial charge is 0.262 e. The highest BCUT2D eigenvalue weighted by atomic mass is 16.5. The van der Waals surface area contributed by atoms with Crippen LogP contribution in [0.5, 0.6) is 11.5 Å². The van der Waals surface area contributed by atoms with E-state index in [2.05, 4.69) is 5.32 Å². The van der Waals surface area contributed by atoms with Gasteiger partial charge in [0.1, 0.15) is 29.6 Å². The van der Waals surface area contributed by atoms with Gasteiger partial charge in [0, 0.05) is 11.8 Å². The average Bonchev–Trinajstić information content (AvgIpc) is 3.18. The van der Waals surface area contributed by atoms with E-state index in [1.807, 2.05) is 32.0 Å². The van der Waals surface area contributed by atoms with Crippen LogP contribution in [0.15, 0.2) is 52.9 Å². The first-order valence-corrected chi connectivity index (χ1v) is 8.88. The number of anilines is 1. The first-order chi connectivity index (χ1) is 13.5. The van der Waals surface area contributed by atoms with Crippen LogP contribution in [0.3, 0.4) is 0 Å². The summed E-state index contributed by atoms with van der Waals surface area (Å²) in [6.07, 6.45) is 0. The Hall–Kier alpha value is -3.25. The van der Waals surface area contributed by atoms with Crippen LogP contribution in [0.25, 0.3) is 11.3 Å². The summed E-state index contributed by atoms with van der Waals surface area (Å²) in [6.45, 7) is 3.70. The lowest BCUT2D eigenvalue weighted by Gasteiger charge is -2.12. The molecule has 3 aromatic rings. The molecule has 146 valence electrons. The number of ether oxygens (including phenoxy) is 2. The Balaban J connectivity index is 1.68. The lowest BCUT2D eigenvalue weighted by atomic mass is 10.1. The second-order valence-corrected chi connectivity index (χ2v) is 6.37. The Labute approximate surface area is 163 Å². The van der Waals surface area contributed by atoms with Gasteiger partial charge in [0.05, 0.1) is 12.7 Å². The van der Waals surface area contributed by atoms with Crippen LogP contribution in [0, 0.1) is 13.8 Å². The normalized spacial score (nSPS) is 10.6. The average molecular weight is 381 g/mol. The molecule has 1 heterocycles. The standard InChI is InChI=1S/C22H23NO5/c1-14-5-4-6-19(15(14)2)27-13-22(25)23-16-7-9-18(21(11-16)26-3)20-10-8-17(12-24)28-20/h4-11,24H,12-13H2,1-3H3,(H,23,25). The summed E-state index contributed by atoms with van der Waals surface area (Å²) < 4.78 is 16.6. The maximum Gasteiger partial charge on any atom is 0.262 e. The largest absolute Gasteiger partial charge is 0.496 e. The SMILES string of the molecule is COc1cc(NC(=O)COc2cccc(C)c2C)ccc1-c1ccc(CO)o1. The number of aliphatic hydroxyl groups is 1. The molecule has 0 bridgehead atoms. The minimum absolute atomic E-state index is 0.0909. The number of aryl methyl sites for hydroxylation is 1. The monoisotopic (exact) mass is 381 g/mol. The summed E-state index contributed by atoms with van der Waals surface area (Å²) in [5.74, 6) is 2.03. The van der Waals surface area contributed by atoms with Crippen LogP contribution in [0.1, 0.15) is 16.9 Å². The number of hydrogen-bond donors (Lipinski definition) is 2. The van der Waals surface area contributed by atoms with Gasteiger partial charge in [-0.25, -0.2) is 0 Å². The van der Waals surface area contributed by atoms with Crippen LogP contribution in [0.2, 0.25) is 0 Å². The molecule has 0 unspecified atom stereocenters. The van der Waals surface area contributed by atoms with Crippen LogP contribution in [0.4, 0.5) is 5.69 Å². The van der Waals surface area contributed by atoms with Crippen molar-refractivity contribution in [2.75, 3.05) is 19.0 Å². The summed E-state index contributed by atoms with van der Waals surface area (Å²) >= 11 is 0. The summed E-state index contributed by atoms with van der Waals surface area (Å²) in [7, 11) is 1.55. The lowest BCUT2D eigenvalue weighted by Crippen LogP contribution is -2.20. The zero-order chi connectivity index (χ0) is 20.1. The van der Waals surface area contributed by atoms with Crippen molar-refractivity contribution in [1.29, 1.82) is 0 Å². The van der Waals surface area contributed by atoms with E-state index in [0.717, 1.165) is 16.7 Å². The summed E-state index contributed by atoms with van der Waals surface area (Å²) in [5.41, 5.74) is 3.44. The molecule has 0 atom stereocenters. The van der Waals surface area contributed by atoms with Crippen molar-refractivity contribution in [1.82, 2.24) is 0 Å². The highest BCUT2D eigenvalue weighted by Crippen LogP contribution is 2.33. The quantitative estimate of drug-likeness (QED) is 0.644. The summed E-state index contributed by atoms with van der Waals surface area (Å²) in [6, 6.07) is 14.5. The van der Waals surface area contributed by atoms with Crippen LogP contribution in [-0.2, 0) is 11.4 Å². The molecule has 0 radical (unpaired) electrons. The Morgan fingerprint density at radius 2 is 1.93 bits per heavy atom. The van der Waals surface area contributed by atoms with E-state index in [4.69, 9.17) is 19.0 Å². The summed E-state index contributed by atoms with van der Waals surface area (Å²) in [4.78, 5) is 12.3. The predicted molar refractivity (Wildman–Crippen MR) is 107 cm³/mol. The van der Waals surface area contributed by atoms with Gasteiger partial charge in [-0.15, -0.1) is 0 Å². The van der Waals surface area contributed by atoms with Gasteiger partial charge in [-0.3, -0.25) is 4.79 Å². The fourth-order valence-electron chi connectivity index (χ4n) is 2.80. The molecule has 28 heavy (non-hydrogen) atoms. The van der Waals surface area contributed by atoms with Crippen molar-refractivity contribution < 1.29 is 23.8 Å². The molecule has 2 aromatic carbocycles. The predicted octanol–water partition coefficient (Wildman–Crippen LogP) is 4.08. The zero-order valence-electron chi connectivity index (χ0n) is 16.1. The maximum atomic E-state index is 12.3. The topological polar surface area (TPSA) is 80.9 Å². The molecular weight excluding hydrogens is 358 g/mol. The van der Waals surface area contributed by atoms with E-state index in [0.29, 0.717) is 28.7 Å². The number of benzene rings is 2. The number of carbonyl (C=O) groups excluding carboxylic acids is 1. The fraction of sp³-hybridized carbons (Fsp3) is 0.227. The van der Waals surface area contributed by atoms with Gasteiger partial charge in [-0.05, 0) is 55.3 Å². The molecular formula is C22H23NO5. The van der Waals surface area contributed by atoms with Crippen LogP contribution >= 0.6 is 0 Å². The Morgan fingerprint density at radius 3 is 2.64 bits per heavy atom. The second kappa shape index (κ2) is 8.63.